The average molecular weight is 489 g/mol. The number of halogens is 3. The van der Waals surface area contributed by atoms with Crippen LogP contribution in [0.25, 0.3) is 0 Å². The predicted octanol–water partition coefficient (Wildman–Crippen LogP) is 5.13. The molecule has 1 aliphatic carbocycles. The van der Waals surface area contributed by atoms with Crippen LogP contribution in [0.2, 0.25) is 0 Å². The molecule has 2 aromatic rings. The van der Waals surface area contributed by atoms with E-state index >= 15 is 0 Å². The summed E-state index contributed by atoms with van der Waals surface area (Å²) in [4.78, 5) is 8.04. The molecule has 2 heterocycles. The molecule has 3 aliphatic rings. The number of piperidine rings is 1. The number of rotatable bonds is 4. The van der Waals surface area contributed by atoms with Crippen molar-refractivity contribution in [1.29, 1.82) is 5.26 Å². The first-order valence-corrected chi connectivity index (χ1v) is 11.6. The second-order valence-corrected chi connectivity index (χ2v) is 9.07. The number of ether oxygens (including phenoxy) is 1. The third-order valence-electron chi connectivity index (χ3n) is 6.52. The molecular formula is C24H23F3N4O2S. The maximum atomic E-state index is 13.5. The normalized spacial score (nSPS) is 20.4. The minimum Gasteiger partial charge on any atom is -0.490 e. The first kappa shape index (κ1) is 22.9. The average Bonchev–Trinajstić information content (AvgIpc) is 3.13. The molecule has 1 N–H and O–H groups in total. The lowest BCUT2D eigenvalue weighted by molar-refractivity contribution is -0.137. The summed E-state index contributed by atoms with van der Waals surface area (Å²) in [6.45, 7) is 1.87. The Morgan fingerprint density at radius 2 is 1.76 bits per heavy atom. The van der Waals surface area contributed by atoms with Gasteiger partial charge in [0.15, 0.2) is 5.72 Å². The van der Waals surface area contributed by atoms with Crippen molar-refractivity contribution in [3.8, 4) is 11.8 Å². The Morgan fingerprint density at radius 1 is 1.09 bits per heavy atom. The lowest BCUT2D eigenvalue weighted by atomic mass is 9.86. The van der Waals surface area contributed by atoms with E-state index in [-0.39, 0.29) is 16.9 Å². The van der Waals surface area contributed by atoms with Gasteiger partial charge in [0.05, 0.1) is 22.9 Å². The van der Waals surface area contributed by atoms with E-state index in [1.807, 2.05) is 29.2 Å². The minimum atomic E-state index is -4.67. The summed E-state index contributed by atoms with van der Waals surface area (Å²) in [6.07, 6.45) is -0.275. The quantitative estimate of drug-likeness (QED) is 0.599. The van der Waals surface area contributed by atoms with Crippen molar-refractivity contribution in [1.82, 2.24) is 5.32 Å². The number of hydroxylamine groups is 1. The molecule has 34 heavy (non-hydrogen) atoms. The highest BCUT2D eigenvalue weighted by Gasteiger charge is 2.54. The lowest BCUT2D eigenvalue weighted by Crippen LogP contribution is -2.51. The summed E-state index contributed by atoms with van der Waals surface area (Å²) in [5, 5.41) is 13.9. The molecule has 2 aromatic carbocycles. The van der Waals surface area contributed by atoms with Crippen LogP contribution in [0.15, 0.2) is 42.5 Å². The molecule has 178 valence electrons. The molecule has 2 aliphatic heterocycles. The highest BCUT2D eigenvalue weighted by atomic mass is 32.1. The molecule has 1 spiro atoms. The van der Waals surface area contributed by atoms with E-state index in [2.05, 4.69) is 5.32 Å². The molecule has 0 atom stereocenters. The molecule has 0 radical (unpaired) electrons. The summed E-state index contributed by atoms with van der Waals surface area (Å²) in [5.74, 6) is 0.767. The number of alkyl halides is 3. The molecule has 0 aromatic heterocycles. The van der Waals surface area contributed by atoms with Gasteiger partial charge in [0.1, 0.15) is 11.9 Å². The van der Waals surface area contributed by atoms with Gasteiger partial charge in [-0.15, -0.1) is 0 Å². The number of thiocarbonyl (C=S) groups is 1. The monoisotopic (exact) mass is 488 g/mol. The van der Waals surface area contributed by atoms with Gasteiger partial charge in [-0.25, -0.2) is 4.84 Å². The van der Waals surface area contributed by atoms with Crippen LogP contribution >= 0.6 is 12.2 Å². The first-order chi connectivity index (χ1) is 16.3. The summed E-state index contributed by atoms with van der Waals surface area (Å²) >= 11 is 5.68. The van der Waals surface area contributed by atoms with Gasteiger partial charge in [-0.05, 0) is 99.9 Å². The zero-order chi connectivity index (χ0) is 23.9. The van der Waals surface area contributed by atoms with Gasteiger partial charge in [0, 0.05) is 5.69 Å². The van der Waals surface area contributed by atoms with Crippen molar-refractivity contribution >= 4 is 28.7 Å². The van der Waals surface area contributed by atoms with Crippen LogP contribution in [0.4, 0.5) is 24.5 Å². The van der Waals surface area contributed by atoms with Crippen LogP contribution in [0.1, 0.15) is 43.2 Å². The zero-order valence-electron chi connectivity index (χ0n) is 18.3. The van der Waals surface area contributed by atoms with E-state index < -0.39 is 23.0 Å². The van der Waals surface area contributed by atoms with E-state index in [1.54, 1.807) is 6.07 Å². The number of nitrogens with one attached hydrogen (secondary N) is 1. The molecule has 2 saturated heterocycles. The Labute approximate surface area is 200 Å². The molecule has 3 fully saturated rings. The van der Waals surface area contributed by atoms with Crippen molar-refractivity contribution in [2.45, 2.75) is 50.1 Å². The highest BCUT2D eigenvalue weighted by molar-refractivity contribution is 7.80. The molecular weight excluding hydrogens is 465 g/mol. The van der Waals surface area contributed by atoms with Crippen molar-refractivity contribution in [3.05, 3.63) is 53.6 Å². The van der Waals surface area contributed by atoms with Crippen LogP contribution in [0.3, 0.4) is 0 Å². The van der Waals surface area contributed by atoms with Gasteiger partial charge < -0.3 is 10.1 Å². The highest BCUT2D eigenvalue weighted by Crippen LogP contribution is 2.48. The van der Waals surface area contributed by atoms with E-state index in [0.29, 0.717) is 12.8 Å². The number of hydrogen-bond donors (Lipinski definition) is 1. The number of hydrogen-bond acceptors (Lipinski definition) is 5. The van der Waals surface area contributed by atoms with Gasteiger partial charge in [0.2, 0.25) is 5.11 Å². The molecule has 1 saturated carbocycles. The largest absolute Gasteiger partial charge is 0.490 e. The van der Waals surface area contributed by atoms with Crippen LogP contribution in [-0.4, -0.2) is 30.0 Å². The fourth-order valence-corrected chi connectivity index (χ4v) is 5.00. The Hall–Kier alpha value is -2.87. The van der Waals surface area contributed by atoms with Gasteiger partial charge in [-0.1, -0.05) is 0 Å². The van der Waals surface area contributed by atoms with E-state index in [0.717, 1.165) is 55.9 Å². The van der Waals surface area contributed by atoms with E-state index in [4.69, 9.17) is 27.1 Å². The third kappa shape index (κ3) is 4.08. The Balaban J connectivity index is 1.41. The molecule has 6 nitrogen and oxygen atoms in total. The summed E-state index contributed by atoms with van der Waals surface area (Å²) in [5.41, 5.74) is -1.27. The van der Waals surface area contributed by atoms with Crippen molar-refractivity contribution in [2.75, 3.05) is 23.1 Å². The topological polar surface area (TPSA) is 60.8 Å². The molecule has 0 bridgehead atoms. The maximum absolute atomic E-state index is 13.5. The van der Waals surface area contributed by atoms with Crippen molar-refractivity contribution in [2.24, 2.45) is 0 Å². The lowest BCUT2D eigenvalue weighted by Gasteiger charge is -2.42. The SMILES string of the molecule is N#Cc1ccc(N2OC3(CCC3)N(c3ccc(OC4CCNCC4)cc3)C2=S)cc1C(F)(F)F. The van der Waals surface area contributed by atoms with Crippen LogP contribution in [0.5, 0.6) is 5.75 Å². The van der Waals surface area contributed by atoms with Crippen LogP contribution in [0, 0.1) is 11.3 Å². The zero-order valence-corrected chi connectivity index (χ0v) is 19.1. The predicted molar refractivity (Wildman–Crippen MR) is 124 cm³/mol. The Bertz CT molecular complexity index is 1120. The van der Waals surface area contributed by atoms with Gasteiger partial charge in [0.25, 0.3) is 0 Å². The van der Waals surface area contributed by atoms with E-state index in [1.165, 1.54) is 11.1 Å². The molecule has 5 rings (SSSR count). The fraction of sp³-hybridized carbons (Fsp3) is 0.417. The maximum Gasteiger partial charge on any atom is 0.417 e. The Kier molecular flexibility index (Phi) is 5.88. The van der Waals surface area contributed by atoms with Crippen molar-refractivity contribution < 1.29 is 22.7 Å². The fourth-order valence-electron chi connectivity index (χ4n) is 4.59. The third-order valence-corrected chi connectivity index (χ3v) is 6.86. The summed E-state index contributed by atoms with van der Waals surface area (Å²) in [7, 11) is 0. The summed E-state index contributed by atoms with van der Waals surface area (Å²) < 4.78 is 46.6. The van der Waals surface area contributed by atoms with Gasteiger partial charge >= 0.3 is 6.18 Å². The number of nitrogens with zero attached hydrogens (tertiary/aromatic N) is 3. The first-order valence-electron chi connectivity index (χ1n) is 11.2. The summed E-state index contributed by atoms with van der Waals surface area (Å²) in [6, 6.07) is 12.7. The number of nitriles is 1. The second kappa shape index (κ2) is 8.73. The van der Waals surface area contributed by atoms with E-state index in [9.17, 15) is 13.2 Å². The van der Waals surface area contributed by atoms with Gasteiger partial charge in [-0.3, -0.25) is 4.90 Å². The molecule has 0 amide bonds. The molecule has 0 unspecified atom stereocenters. The minimum absolute atomic E-state index is 0.135. The number of anilines is 2. The van der Waals surface area contributed by atoms with Crippen LogP contribution < -0.4 is 20.0 Å². The molecule has 10 heteroatoms. The number of benzene rings is 2. The Morgan fingerprint density at radius 3 is 2.35 bits per heavy atom. The van der Waals surface area contributed by atoms with Gasteiger partial charge in [-0.2, -0.15) is 23.5 Å². The standard InChI is InChI=1S/C24H23F3N4O2S/c25-24(26,27)21-14-18(3-2-16(21)15-28)31-22(34)30(23(33-31)10-1-11-23)17-4-6-19(7-5-17)32-20-8-12-29-13-9-20/h2-7,14,20,29H,1,8-13H2. The van der Waals surface area contributed by atoms with Crippen molar-refractivity contribution in [3.63, 3.8) is 0 Å². The van der Waals surface area contributed by atoms with Crippen LogP contribution in [-0.2, 0) is 11.0 Å². The smallest absolute Gasteiger partial charge is 0.417 e. The second-order valence-electron chi connectivity index (χ2n) is 8.70.